The van der Waals surface area contributed by atoms with E-state index < -0.39 is 17.2 Å². The van der Waals surface area contributed by atoms with E-state index >= 15 is 0 Å². The summed E-state index contributed by atoms with van der Waals surface area (Å²) in [6.45, 7) is 11.2. The van der Waals surface area contributed by atoms with Crippen molar-refractivity contribution in [2.45, 2.75) is 78.1 Å². The van der Waals surface area contributed by atoms with Crippen molar-refractivity contribution >= 4 is 22.8 Å². The number of amides is 1. The predicted octanol–water partition coefficient (Wildman–Crippen LogP) is 6.18. The predicted molar refractivity (Wildman–Crippen MR) is 138 cm³/mol. The molecule has 0 N–H and O–H groups in total. The molecule has 2 aromatic heterocycles. The largest absolute Gasteiger partial charge is 0.416 e. The molecule has 37 heavy (non-hydrogen) atoms. The Morgan fingerprint density at radius 2 is 1.76 bits per heavy atom. The van der Waals surface area contributed by atoms with Crippen LogP contribution in [0.2, 0.25) is 0 Å². The van der Waals surface area contributed by atoms with Crippen molar-refractivity contribution in [3.05, 3.63) is 47.9 Å². The van der Waals surface area contributed by atoms with E-state index in [-0.39, 0.29) is 18.0 Å². The third kappa shape index (κ3) is 4.57. The quantitative estimate of drug-likeness (QED) is 0.420. The lowest BCUT2D eigenvalue weighted by molar-refractivity contribution is -0.142. The second-order valence-corrected chi connectivity index (χ2v) is 11.6. The van der Waals surface area contributed by atoms with Crippen LogP contribution in [0.15, 0.2) is 36.8 Å². The number of fused-ring (bicyclic) bond motifs is 1. The van der Waals surface area contributed by atoms with Gasteiger partial charge in [-0.2, -0.15) is 13.2 Å². The van der Waals surface area contributed by atoms with Crippen molar-refractivity contribution < 1.29 is 18.0 Å². The normalized spacial score (nSPS) is 21.4. The van der Waals surface area contributed by atoms with Crippen LogP contribution in [0.4, 0.5) is 19.0 Å². The first-order chi connectivity index (χ1) is 17.4. The van der Waals surface area contributed by atoms with E-state index in [2.05, 4.69) is 23.7 Å². The summed E-state index contributed by atoms with van der Waals surface area (Å²) in [6.07, 6.45) is 2.23. The van der Waals surface area contributed by atoms with Gasteiger partial charge in [0.2, 0.25) is 5.91 Å². The Hall–Kier alpha value is -3.10. The molecule has 0 spiro atoms. The zero-order valence-electron chi connectivity index (χ0n) is 22.0. The summed E-state index contributed by atoms with van der Waals surface area (Å²) in [6, 6.07) is 5.39. The Labute approximate surface area is 215 Å². The lowest BCUT2D eigenvalue weighted by Gasteiger charge is -2.46. The average molecular weight is 514 g/mol. The minimum absolute atomic E-state index is 0.00866. The van der Waals surface area contributed by atoms with Gasteiger partial charge >= 0.3 is 6.18 Å². The Bertz CT molecular complexity index is 1320. The molecule has 5 rings (SSSR count). The molecular formula is C28H34F3N5O. The van der Waals surface area contributed by atoms with Crippen molar-refractivity contribution in [2.24, 2.45) is 5.41 Å². The molecule has 1 aliphatic carbocycles. The van der Waals surface area contributed by atoms with Gasteiger partial charge in [0.05, 0.1) is 10.9 Å². The molecule has 198 valence electrons. The molecule has 1 saturated heterocycles. The van der Waals surface area contributed by atoms with Crippen LogP contribution in [0, 0.1) is 5.41 Å². The highest BCUT2D eigenvalue weighted by atomic mass is 19.4. The first-order valence-corrected chi connectivity index (χ1v) is 13.0. The molecule has 3 aromatic rings. The highest BCUT2D eigenvalue weighted by Gasteiger charge is 2.38. The number of carbonyl (C=O) groups is 1. The number of hydrogen-bond acceptors (Lipinski definition) is 4. The maximum absolute atomic E-state index is 13.5. The second kappa shape index (κ2) is 9.03. The van der Waals surface area contributed by atoms with E-state index in [0.717, 1.165) is 42.1 Å². The van der Waals surface area contributed by atoms with Gasteiger partial charge in [0.1, 0.15) is 17.8 Å². The van der Waals surface area contributed by atoms with E-state index in [1.54, 1.807) is 10.6 Å². The first kappa shape index (κ1) is 25.5. The highest BCUT2D eigenvalue weighted by molar-refractivity contribution is 5.93. The summed E-state index contributed by atoms with van der Waals surface area (Å²) in [4.78, 5) is 26.6. The van der Waals surface area contributed by atoms with Crippen LogP contribution in [0.25, 0.3) is 16.7 Å². The fourth-order valence-corrected chi connectivity index (χ4v) is 5.48. The van der Waals surface area contributed by atoms with Gasteiger partial charge in [0.25, 0.3) is 0 Å². The van der Waals surface area contributed by atoms with Crippen LogP contribution in [0.1, 0.15) is 70.9 Å². The molecule has 2 fully saturated rings. The van der Waals surface area contributed by atoms with E-state index in [0.29, 0.717) is 30.3 Å². The molecule has 9 heteroatoms. The van der Waals surface area contributed by atoms with E-state index in [4.69, 9.17) is 4.98 Å². The fraction of sp³-hybridized carbons (Fsp3) is 0.536. The summed E-state index contributed by atoms with van der Waals surface area (Å²) in [5, 5.41) is 0.902. The zero-order chi connectivity index (χ0) is 26.7. The number of alkyl halides is 3. The molecule has 2 atom stereocenters. The monoisotopic (exact) mass is 513 g/mol. The lowest BCUT2D eigenvalue weighted by Crippen LogP contribution is -2.60. The summed E-state index contributed by atoms with van der Waals surface area (Å²) < 4.78 is 42.2. The van der Waals surface area contributed by atoms with E-state index in [1.807, 2.05) is 31.9 Å². The van der Waals surface area contributed by atoms with Gasteiger partial charge < -0.3 is 14.4 Å². The smallest absolute Gasteiger partial charge is 0.349 e. The summed E-state index contributed by atoms with van der Waals surface area (Å²) in [5.41, 5.74) is 0.977. The maximum atomic E-state index is 13.5. The Morgan fingerprint density at radius 1 is 1.03 bits per heavy atom. The van der Waals surface area contributed by atoms with Crippen LogP contribution >= 0.6 is 0 Å². The van der Waals surface area contributed by atoms with Gasteiger partial charge in [-0.05, 0) is 56.4 Å². The highest BCUT2D eigenvalue weighted by Crippen LogP contribution is 2.44. The van der Waals surface area contributed by atoms with Crippen molar-refractivity contribution in [1.29, 1.82) is 0 Å². The number of halogens is 3. The Kier molecular flexibility index (Phi) is 6.23. The van der Waals surface area contributed by atoms with Crippen molar-refractivity contribution in [1.82, 2.24) is 19.4 Å². The molecule has 6 nitrogen and oxygen atoms in total. The van der Waals surface area contributed by atoms with Gasteiger partial charge in [-0.3, -0.25) is 4.79 Å². The lowest BCUT2D eigenvalue weighted by atomic mass is 9.80. The van der Waals surface area contributed by atoms with Crippen LogP contribution in [-0.2, 0) is 11.0 Å². The Balaban J connectivity index is 1.60. The number of rotatable bonds is 3. The third-order valence-electron chi connectivity index (χ3n) is 7.75. The third-order valence-corrected chi connectivity index (χ3v) is 7.75. The fourth-order valence-electron chi connectivity index (χ4n) is 5.48. The van der Waals surface area contributed by atoms with Gasteiger partial charge in [0.15, 0.2) is 0 Å². The summed E-state index contributed by atoms with van der Waals surface area (Å²) in [7, 11) is 0. The van der Waals surface area contributed by atoms with Crippen LogP contribution in [0.3, 0.4) is 0 Å². The first-order valence-electron chi connectivity index (χ1n) is 13.0. The van der Waals surface area contributed by atoms with Crippen molar-refractivity contribution in [2.75, 3.05) is 18.0 Å². The SMILES string of the molecule is C[C@@H]1CN(c2ncnc3c2c(C2CCC2)cn3-c2cccc(C(F)(F)F)c2)[C@@H](C)CN1C(=O)C(C)(C)C. The number of aromatic nitrogens is 3. The minimum atomic E-state index is -4.42. The molecule has 3 heterocycles. The number of carbonyl (C=O) groups excluding carboxylic acids is 1. The van der Waals surface area contributed by atoms with Crippen molar-refractivity contribution in [3.8, 4) is 5.69 Å². The van der Waals surface area contributed by atoms with Crippen LogP contribution in [-0.4, -0.2) is 50.5 Å². The maximum Gasteiger partial charge on any atom is 0.416 e. The van der Waals surface area contributed by atoms with Crippen LogP contribution < -0.4 is 4.90 Å². The molecule has 2 aliphatic rings. The standard InChI is InChI=1S/C28H34F3N5O/c1-17-14-35(26(37)27(3,4)5)18(2)13-34(17)24-23-22(19-8-6-9-19)15-36(25(23)33-16-32-24)21-11-7-10-20(12-21)28(29,30)31/h7,10-12,15-19H,6,8-9,13-14H2,1-5H3/t17-,18+/m0/s1. The topological polar surface area (TPSA) is 54.3 Å². The summed E-state index contributed by atoms with van der Waals surface area (Å²) >= 11 is 0. The van der Waals surface area contributed by atoms with Crippen molar-refractivity contribution in [3.63, 3.8) is 0 Å². The molecule has 1 amide bonds. The summed E-state index contributed by atoms with van der Waals surface area (Å²) in [5.74, 6) is 1.25. The number of piperazine rings is 1. The van der Waals surface area contributed by atoms with Gasteiger partial charge in [-0.1, -0.05) is 33.3 Å². The molecule has 0 bridgehead atoms. The molecular weight excluding hydrogens is 479 g/mol. The number of benzene rings is 1. The zero-order valence-corrected chi connectivity index (χ0v) is 22.0. The van der Waals surface area contributed by atoms with Crippen LogP contribution in [0.5, 0.6) is 0 Å². The van der Waals surface area contributed by atoms with E-state index in [9.17, 15) is 18.0 Å². The molecule has 0 radical (unpaired) electrons. The molecule has 1 aliphatic heterocycles. The molecule has 1 aromatic carbocycles. The van der Waals surface area contributed by atoms with Gasteiger partial charge in [0, 0.05) is 42.5 Å². The minimum Gasteiger partial charge on any atom is -0.349 e. The second-order valence-electron chi connectivity index (χ2n) is 11.6. The average Bonchev–Trinajstić information content (AvgIpc) is 3.17. The Morgan fingerprint density at radius 3 is 2.38 bits per heavy atom. The number of nitrogens with zero attached hydrogens (tertiary/aromatic N) is 5. The van der Waals surface area contributed by atoms with Gasteiger partial charge in [-0.25, -0.2) is 9.97 Å². The number of hydrogen-bond donors (Lipinski definition) is 0. The van der Waals surface area contributed by atoms with E-state index in [1.165, 1.54) is 18.5 Å². The van der Waals surface area contributed by atoms with Gasteiger partial charge in [-0.15, -0.1) is 0 Å². The molecule has 1 saturated carbocycles. The molecule has 0 unspecified atom stereocenters. The number of anilines is 1.